The minimum absolute atomic E-state index is 0.106. The van der Waals surface area contributed by atoms with Crippen molar-refractivity contribution in [1.29, 1.82) is 5.26 Å². The summed E-state index contributed by atoms with van der Waals surface area (Å²) in [5, 5.41) is 11.5. The molecular weight excluding hydrogens is 320 g/mol. The van der Waals surface area contributed by atoms with Gasteiger partial charge in [-0.1, -0.05) is 22.0 Å². The van der Waals surface area contributed by atoms with Crippen LogP contribution in [0.25, 0.3) is 0 Å². The van der Waals surface area contributed by atoms with Crippen molar-refractivity contribution in [2.75, 3.05) is 11.9 Å². The molecule has 0 radical (unpaired) electrons. The SMILES string of the molecule is N#Cc1cccc(OCC(=O)Nc2ccc(Br)cc2)c1. The largest absolute Gasteiger partial charge is 0.484 e. The van der Waals surface area contributed by atoms with Crippen LogP contribution in [-0.4, -0.2) is 12.5 Å². The number of rotatable bonds is 4. The molecule has 1 amide bonds. The zero-order valence-corrected chi connectivity index (χ0v) is 12.1. The molecular formula is C15H11BrN2O2. The lowest BCUT2D eigenvalue weighted by molar-refractivity contribution is -0.118. The van der Waals surface area contributed by atoms with Gasteiger partial charge < -0.3 is 10.1 Å². The molecule has 0 bridgehead atoms. The van der Waals surface area contributed by atoms with Crippen molar-refractivity contribution in [1.82, 2.24) is 0 Å². The molecule has 1 N–H and O–H groups in total. The minimum atomic E-state index is -0.255. The second-order valence-electron chi connectivity index (χ2n) is 3.98. The van der Waals surface area contributed by atoms with Gasteiger partial charge in [-0.25, -0.2) is 0 Å². The van der Waals surface area contributed by atoms with Gasteiger partial charge in [0.05, 0.1) is 11.6 Å². The van der Waals surface area contributed by atoms with E-state index in [2.05, 4.69) is 21.2 Å². The Kier molecular flexibility index (Phi) is 4.75. The number of carbonyl (C=O) groups excluding carboxylic acids is 1. The fourth-order valence-corrected chi connectivity index (χ4v) is 1.80. The van der Waals surface area contributed by atoms with Crippen molar-refractivity contribution in [3.8, 4) is 11.8 Å². The molecule has 0 saturated carbocycles. The number of nitriles is 1. The molecule has 2 aromatic carbocycles. The molecule has 4 nitrogen and oxygen atoms in total. The van der Waals surface area contributed by atoms with Crippen molar-refractivity contribution < 1.29 is 9.53 Å². The highest BCUT2D eigenvalue weighted by Gasteiger charge is 2.04. The van der Waals surface area contributed by atoms with Crippen LogP contribution in [0.5, 0.6) is 5.75 Å². The number of benzene rings is 2. The molecule has 0 spiro atoms. The highest BCUT2D eigenvalue weighted by atomic mass is 79.9. The van der Waals surface area contributed by atoms with E-state index in [9.17, 15) is 4.79 Å². The van der Waals surface area contributed by atoms with E-state index < -0.39 is 0 Å². The predicted octanol–water partition coefficient (Wildman–Crippen LogP) is 3.34. The molecule has 0 saturated heterocycles. The number of halogens is 1. The number of anilines is 1. The Morgan fingerprint density at radius 2 is 2.00 bits per heavy atom. The van der Waals surface area contributed by atoms with Crippen LogP contribution in [0.3, 0.4) is 0 Å². The second kappa shape index (κ2) is 6.73. The van der Waals surface area contributed by atoms with Gasteiger partial charge >= 0.3 is 0 Å². The summed E-state index contributed by atoms with van der Waals surface area (Å²) >= 11 is 3.32. The van der Waals surface area contributed by atoms with Crippen LogP contribution in [0.4, 0.5) is 5.69 Å². The molecule has 0 heterocycles. The van der Waals surface area contributed by atoms with Crippen LogP contribution in [0.2, 0.25) is 0 Å². The first-order valence-corrected chi connectivity index (χ1v) is 6.65. The van der Waals surface area contributed by atoms with E-state index in [1.54, 1.807) is 36.4 Å². The molecule has 0 aliphatic heterocycles. The van der Waals surface area contributed by atoms with Crippen LogP contribution >= 0.6 is 15.9 Å². The van der Waals surface area contributed by atoms with E-state index in [1.165, 1.54) is 0 Å². The Balaban J connectivity index is 1.89. The van der Waals surface area contributed by atoms with Gasteiger partial charge in [-0.05, 0) is 42.5 Å². The maximum absolute atomic E-state index is 11.7. The summed E-state index contributed by atoms with van der Waals surface area (Å²) in [6.45, 7) is -0.106. The molecule has 0 aromatic heterocycles. The van der Waals surface area contributed by atoms with Crippen LogP contribution in [-0.2, 0) is 4.79 Å². The Bertz CT molecular complexity index is 648. The lowest BCUT2D eigenvalue weighted by atomic mass is 10.2. The number of hydrogen-bond donors (Lipinski definition) is 1. The van der Waals surface area contributed by atoms with Gasteiger partial charge in [-0.3, -0.25) is 4.79 Å². The first-order valence-electron chi connectivity index (χ1n) is 5.86. The fourth-order valence-electron chi connectivity index (χ4n) is 1.53. The molecule has 5 heteroatoms. The van der Waals surface area contributed by atoms with E-state index in [0.29, 0.717) is 17.0 Å². The highest BCUT2D eigenvalue weighted by Crippen LogP contribution is 2.15. The van der Waals surface area contributed by atoms with Crippen molar-refractivity contribution in [2.45, 2.75) is 0 Å². The number of nitrogens with zero attached hydrogens (tertiary/aromatic N) is 1. The minimum Gasteiger partial charge on any atom is -0.484 e. The Hall–Kier alpha value is -2.32. The molecule has 2 aromatic rings. The normalized spacial score (nSPS) is 9.60. The van der Waals surface area contributed by atoms with E-state index in [4.69, 9.17) is 10.00 Å². The highest BCUT2D eigenvalue weighted by molar-refractivity contribution is 9.10. The lowest BCUT2D eigenvalue weighted by Crippen LogP contribution is -2.20. The first-order chi connectivity index (χ1) is 9.67. The van der Waals surface area contributed by atoms with Crippen molar-refractivity contribution >= 4 is 27.5 Å². The lowest BCUT2D eigenvalue weighted by Gasteiger charge is -2.07. The zero-order valence-electron chi connectivity index (χ0n) is 10.5. The summed E-state index contributed by atoms with van der Waals surface area (Å²) in [5.41, 5.74) is 1.20. The topological polar surface area (TPSA) is 62.1 Å². The average molecular weight is 331 g/mol. The van der Waals surface area contributed by atoms with Gasteiger partial charge in [0.1, 0.15) is 5.75 Å². The monoisotopic (exact) mass is 330 g/mol. The van der Waals surface area contributed by atoms with E-state index in [1.807, 2.05) is 18.2 Å². The van der Waals surface area contributed by atoms with Crippen molar-refractivity contribution in [3.05, 3.63) is 58.6 Å². The van der Waals surface area contributed by atoms with Gasteiger partial charge in [0.25, 0.3) is 5.91 Å². The third kappa shape index (κ3) is 4.11. The maximum Gasteiger partial charge on any atom is 0.262 e. The van der Waals surface area contributed by atoms with Crippen LogP contribution < -0.4 is 10.1 Å². The number of nitrogens with one attached hydrogen (secondary N) is 1. The molecule has 0 unspecified atom stereocenters. The molecule has 0 atom stereocenters. The first kappa shape index (κ1) is 14.1. The summed E-state index contributed by atoms with van der Waals surface area (Å²) < 4.78 is 6.28. The molecule has 0 aliphatic carbocycles. The van der Waals surface area contributed by atoms with Gasteiger partial charge in [0.15, 0.2) is 6.61 Å². The standard InChI is InChI=1S/C15H11BrN2O2/c16-12-4-6-13(7-5-12)18-15(19)10-20-14-3-1-2-11(8-14)9-17/h1-8H,10H2,(H,18,19). The smallest absolute Gasteiger partial charge is 0.262 e. The summed E-state index contributed by atoms with van der Waals surface area (Å²) in [6, 6.07) is 16.0. The third-order valence-electron chi connectivity index (χ3n) is 2.46. The fraction of sp³-hybridized carbons (Fsp3) is 0.0667. The summed E-state index contributed by atoms with van der Waals surface area (Å²) in [4.78, 5) is 11.7. The third-order valence-corrected chi connectivity index (χ3v) is 2.99. The van der Waals surface area contributed by atoms with Crippen molar-refractivity contribution in [3.63, 3.8) is 0 Å². The van der Waals surface area contributed by atoms with E-state index >= 15 is 0 Å². The Labute approximate surface area is 125 Å². The summed E-state index contributed by atoms with van der Waals surface area (Å²) in [5.74, 6) is 0.240. The average Bonchev–Trinajstić information content (AvgIpc) is 2.48. The molecule has 20 heavy (non-hydrogen) atoms. The van der Waals surface area contributed by atoms with Gasteiger partial charge in [0, 0.05) is 10.2 Å². The zero-order chi connectivity index (χ0) is 14.4. The maximum atomic E-state index is 11.7. The number of ether oxygens (including phenoxy) is 1. The number of hydrogen-bond acceptors (Lipinski definition) is 3. The van der Waals surface area contributed by atoms with Gasteiger partial charge in [-0.15, -0.1) is 0 Å². The summed E-state index contributed by atoms with van der Waals surface area (Å²) in [7, 11) is 0. The number of carbonyl (C=O) groups is 1. The number of amides is 1. The summed E-state index contributed by atoms with van der Waals surface area (Å²) in [6.07, 6.45) is 0. The van der Waals surface area contributed by atoms with E-state index in [0.717, 1.165) is 4.47 Å². The molecule has 0 aliphatic rings. The Morgan fingerprint density at radius 3 is 2.70 bits per heavy atom. The molecule has 0 fully saturated rings. The van der Waals surface area contributed by atoms with Crippen LogP contribution in [0.15, 0.2) is 53.0 Å². The molecule has 100 valence electrons. The molecule has 2 rings (SSSR count). The Morgan fingerprint density at radius 1 is 1.25 bits per heavy atom. The second-order valence-corrected chi connectivity index (χ2v) is 4.90. The van der Waals surface area contributed by atoms with Crippen molar-refractivity contribution in [2.24, 2.45) is 0 Å². The van der Waals surface area contributed by atoms with Gasteiger partial charge in [0.2, 0.25) is 0 Å². The quantitative estimate of drug-likeness (QED) is 0.935. The van der Waals surface area contributed by atoms with Crippen LogP contribution in [0, 0.1) is 11.3 Å². The predicted molar refractivity (Wildman–Crippen MR) is 79.4 cm³/mol. The van der Waals surface area contributed by atoms with Gasteiger partial charge in [-0.2, -0.15) is 5.26 Å². The van der Waals surface area contributed by atoms with E-state index in [-0.39, 0.29) is 12.5 Å². The van der Waals surface area contributed by atoms with Crippen LogP contribution in [0.1, 0.15) is 5.56 Å².